The highest BCUT2D eigenvalue weighted by atomic mass is 16.5. The van der Waals surface area contributed by atoms with E-state index in [0.717, 1.165) is 24.9 Å². The third-order valence-electron chi connectivity index (χ3n) is 3.29. The molecule has 1 atom stereocenters. The van der Waals surface area contributed by atoms with Crippen LogP contribution >= 0.6 is 0 Å². The lowest BCUT2D eigenvalue weighted by molar-refractivity contribution is -0.127. The van der Waals surface area contributed by atoms with E-state index in [1.54, 1.807) is 6.92 Å². The minimum atomic E-state index is -0.528. The van der Waals surface area contributed by atoms with Gasteiger partial charge in [0.25, 0.3) is 5.91 Å². The van der Waals surface area contributed by atoms with E-state index in [0.29, 0.717) is 24.1 Å². The summed E-state index contributed by atoms with van der Waals surface area (Å²) in [5.74, 6) is 1.21. The molecule has 1 aromatic carbocycles. The van der Waals surface area contributed by atoms with Gasteiger partial charge in [0.2, 0.25) is 0 Å². The van der Waals surface area contributed by atoms with Crippen LogP contribution in [0.2, 0.25) is 0 Å². The smallest absolute Gasteiger partial charge is 0.260 e. The summed E-state index contributed by atoms with van der Waals surface area (Å²) in [6, 6.07) is 6.12. The largest absolute Gasteiger partial charge is 0.490 e. The van der Waals surface area contributed by atoms with E-state index >= 15 is 0 Å². The fourth-order valence-corrected chi connectivity index (χ4v) is 2.02. The Morgan fingerprint density at radius 2 is 2.14 bits per heavy atom. The summed E-state index contributed by atoms with van der Waals surface area (Å²) in [7, 11) is 1.90. The summed E-state index contributed by atoms with van der Waals surface area (Å²) in [4.78, 5) is 11.9. The van der Waals surface area contributed by atoms with Crippen molar-refractivity contribution in [3.05, 3.63) is 23.8 Å². The number of hydrogen-bond acceptors (Lipinski definition) is 4. The standard InChI is InChI=1S/C16H24N2O3/c1-4-20-15-9-12(10-17-3)5-8-14(15)21-11(2)16(19)18-13-6-7-13/h5,8-9,11,13,17H,4,6-7,10H2,1-3H3,(H,18,19). The lowest BCUT2D eigenvalue weighted by Gasteiger charge is -2.18. The Morgan fingerprint density at radius 3 is 2.76 bits per heavy atom. The van der Waals surface area contributed by atoms with Crippen molar-refractivity contribution < 1.29 is 14.3 Å². The number of ether oxygens (including phenoxy) is 2. The highest BCUT2D eigenvalue weighted by molar-refractivity contribution is 5.81. The van der Waals surface area contributed by atoms with Gasteiger partial charge in [-0.2, -0.15) is 0 Å². The molecule has 2 rings (SSSR count). The van der Waals surface area contributed by atoms with Crippen LogP contribution in [0.3, 0.4) is 0 Å². The average molecular weight is 292 g/mol. The molecule has 1 aliphatic carbocycles. The zero-order valence-corrected chi connectivity index (χ0v) is 12.9. The third-order valence-corrected chi connectivity index (χ3v) is 3.29. The maximum atomic E-state index is 11.9. The van der Waals surface area contributed by atoms with Crippen LogP contribution in [0.25, 0.3) is 0 Å². The molecular formula is C16H24N2O3. The zero-order valence-electron chi connectivity index (χ0n) is 12.9. The van der Waals surface area contributed by atoms with E-state index < -0.39 is 6.10 Å². The Morgan fingerprint density at radius 1 is 1.38 bits per heavy atom. The van der Waals surface area contributed by atoms with Gasteiger partial charge in [-0.15, -0.1) is 0 Å². The molecule has 21 heavy (non-hydrogen) atoms. The van der Waals surface area contributed by atoms with Crippen molar-refractivity contribution in [3.8, 4) is 11.5 Å². The topological polar surface area (TPSA) is 59.6 Å². The molecule has 1 aromatic rings. The number of rotatable bonds is 8. The van der Waals surface area contributed by atoms with E-state index in [1.807, 2.05) is 32.2 Å². The second kappa shape index (κ2) is 7.31. The molecule has 1 fully saturated rings. The Kier molecular flexibility index (Phi) is 5.44. The first-order chi connectivity index (χ1) is 10.1. The van der Waals surface area contributed by atoms with Crippen molar-refractivity contribution in [2.24, 2.45) is 0 Å². The normalized spacial score (nSPS) is 15.4. The number of carbonyl (C=O) groups is 1. The van der Waals surface area contributed by atoms with Crippen LogP contribution in [0.5, 0.6) is 11.5 Å². The maximum Gasteiger partial charge on any atom is 0.260 e. The van der Waals surface area contributed by atoms with Crippen LogP contribution in [-0.2, 0) is 11.3 Å². The van der Waals surface area contributed by atoms with E-state index in [-0.39, 0.29) is 5.91 Å². The minimum absolute atomic E-state index is 0.0701. The first-order valence-corrected chi connectivity index (χ1v) is 7.51. The summed E-state index contributed by atoms with van der Waals surface area (Å²) < 4.78 is 11.4. The molecule has 0 heterocycles. The average Bonchev–Trinajstić information content (AvgIpc) is 3.26. The molecule has 0 aromatic heterocycles. The lowest BCUT2D eigenvalue weighted by atomic mass is 10.2. The van der Waals surface area contributed by atoms with Gasteiger partial charge in [-0.1, -0.05) is 6.07 Å². The zero-order chi connectivity index (χ0) is 15.2. The Labute approximate surface area is 126 Å². The van der Waals surface area contributed by atoms with Gasteiger partial charge in [0.1, 0.15) is 0 Å². The summed E-state index contributed by atoms with van der Waals surface area (Å²) in [6.45, 7) is 5.01. The lowest BCUT2D eigenvalue weighted by Crippen LogP contribution is -2.37. The quantitative estimate of drug-likeness (QED) is 0.768. The fourth-order valence-electron chi connectivity index (χ4n) is 2.02. The van der Waals surface area contributed by atoms with E-state index in [1.165, 1.54) is 0 Å². The molecule has 0 radical (unpaired) electrons. The molecule has 5 heteroatoms. The fraction of sp³-hybridized carbons (Fsp3) is 0.562. The van der Waals surface area contributed by atoms with Crippen molar-refractivity contribution in [1.29, 1.82) is 0 Å². The molecule has 5 nitrogen and oxygen atoms in total. The van der Waals surface area contributed by atoms with Crippen LogP contribution < -0.4 is 20.1 Å². The van der Waals surface area contributed by atoms with Gasteiger partial charge in [-0.3, -0.25) is 4.79 Å². The van der Waals surface area contributed by atoms with E-state index in [4.69, 9.17) is 9.47 Å². The van der Waals surface area contributed by atoms with E-state index in [2.05, 4.69) is 10.6 Å². The molecule has 0 saturated heterocycles. The third kappa shape index (κ3) is 4.63. The van der Waals surface area contributed by atoms with Gasteiger partial charge >= 0.3 is 0 Å². The van der Waals surface area contributed by atoms with Gasteiger partial charge in [0, 0.05) is 12.6 Å². The van der Waals surface area contributed by atoms with Gasteiger partial charge in [0.05, 0.1) is 6.61 Å². The molecule has 0 spiro atoms. The molecule has 1 aliphatic rings. The molecule has 0 bridgehead atoms. The second-order valence-corrected chi connectivity index (χ2v) is 5.29. The van der Waals surface area contributed by atoms with Crippen molar-refractivity contribution in [3.63, 3.8) is 0 Å². The van der Waals surface area contributed by atoms with Crippen LogP contribution in [0.15, 0.2) is 18.2 Å². The number of benzene rings is 1. The van der Waals surface area contributed by atoms with Crippen LogP contribution in [0, 0.1) is 0 Å². The molecule has 1 unspecified atom stereocenters. The molecule has 116 valence electrons. The number of amides is 1. The van der Waals surface area contributed by atoms with Crippen LogP contribution in [0.1, 0.15) is 32.3 Å². The summed E-state index contributed by atoms with van der Waals surface area (Å²) in [5, 5.41) is 6.04. The first kappa shape index (κ1) is 15.6. The van der Waals surface area contributed by atoms with Crippen molar-refractivity contribution in [2.45, 2.75) is 45.4 Å². The Bertz CT molecular complexity index is 486. The molecule has 1 saturated carbocycles. The monoisotopic (exact) mass is 292 g/mol. The summed E-state index contributed by atoms with van der Waals surface area (Å²) in [5.41, 5.74) is 1.11. The molecular weight excluding hydrogens is 268 g/mol. The van der Waals surface area contributed by atoms with Crippen LogP contribution in [-0.4, -0.2) is 31.7 Å². The number of carbonyl (C=O) groups excluding carboxylic acids is 1. The Hall–Kier alpha value is -1.75. The predicted octanol–water partition coefficient (Wildman–Crippen LogP) is 1.85. The number of hydrogen-bond donors (Lipinski definition) is 2. The van der Waals surface area contributed by atoms with Gasteiger partial charge in [-0.05, 0) is 51.4 Å². The minimum Gasteiger partial charge on any atom is -0.490 e. The molecule has 1 amide bonds. The van der Waals surface area contributed by atoms with Gasteiger partial charge < -0.3 is 20.1 Å². The maximum absolute atomic E-state index is 11.9. The highest BCUT2D eigenvalue weighted by Crippen LogP contribution is 2.29. The van der Waals surface area contributed by atoms with Gasteiger partial charge in [-0.25, -0.2) is 0 Å². The molecule has 0 aliphatic heterocycles. The van der Waals surface area contributed by atoms with Crippen molar-refractivity contribution in [2.75, 3.05) is 13.7 Å². The SMILES string of the molecule is CCOc1cc(CNC)ccc1OC(C)C(=O)NC1CC1. The summed E-state index contributed by atoms with van der Waals surface area (Å²) >= 11 is 0. The predicted molar refractivity (Wildman–Crippen MR) is 81.6 cm³/mol. The highest BCUT2D eigenvalue weighted by Gasteiger charge is 2.26. The van der Waals surface area contributed by atoms with Crippen LogP contribution in [0.4, 0.5) is 0 Å². The molecule has 2 N–H and O–H groups in total. The van der Waals surface area contributed by atoms with E-state index in [9.17, 15) is 4.79 Å². The van der Waals surface area contributed by atoms with Crippen molar-refractivity contribution in [1.82, 2.24) is 10.6 Å². The Balaban J connectivity index is 2.04. The second-order valence-electron chi connectivity index (χ2n) is 5.29. The van der Waals surface area contributed by atoms with Crippen molar-refractivity contribution >= 4 is 5.91 Å². The number of nitrogens with one attached hydrogen (secondary N) is 2. The first-order valence-electron chi connectivity index (χ1n) is 7.51. The van der Waals surface area contributed by atoms with Gasteiger partial charge in [0.15, 0.2) is 17.6 Å². The summed E-state index contributed by atoms with van der Waals surface area (Å²) in [6.07, 6.45) is 1.61.